The number of ether oxygens (including phenoxy) is 1. The third kappa shape index (κ3) is 4.94. The van der Waals surface area contributed by atoms with Crippen molar-refractivity contribution >= 4 is 0 Å². The summed E-state index contributed by atoms with van der Waals surface area (Å²) in [7, 11) is 2.17. The van der Waals surface area contributed by atoms with Crippen LogP contribution >= 0.6 is 0 Å². The van der Waals surface area contributed by atoms with E-state index in [9.17, 15) is 0 Å². The van der Waals surface area contributed by atoms with E-state index in [0.29, 0.717) is 6.10 Å². The molecule has 1 rings (SSSR count). The summed E-state index contributed by atoms with van der Waals surface area (Å²) in [4.78, 5) is 2.36. The van der Waals surface area contributed by atoms with Gasteiger partial charge in [0.2, 0.25) is 0 Å². The molecule has 0 aromatic rings. The average molecular weight is 200 g/mol. The van der Waals surface area contributed by atoms with Crippen molar-refractivity contribution in [2.24, 2.45) is 5.73 Å². The van der Waals surface area contributed by atoms with Gasteiger partial charge in [-0.25, -0.2) is 0 Å². The topological polar surface area (TPSA) is 38.5 Å². The molecule has 3 heteroatoms. The molecule has 1 fully saturated rings. The Hall–Kier alpha value is -0.120. The number of nitrogens with zero attached hydrogens (tertiary/aromatic N) is 1. The minimum Gasteiger partial charge on any atom is -0.378 e. The molecule has 84 valence electrons. The molecule has 0 aromatic heterocycles. The minimum atomic E-state index is 0.554. The standard InChI is InChI=1S/C11H24N2O/c1-13(9-4-7-12)8-2-5-11-6-3-10-14-11/h11H,2-10,12H2,1H3. The molecule has 1 aliphatic heterocycles. The predicted octanol–water partition coefficient (Wildman–Crippen LogP) is 1.23. The molecule has 0 radical (unpaired) electrons. The second-order valence-electron chi connectivity index (χ2n) is 4.22. The molecular formula is C11H24N2O. The van der Waals surface area contributed by atoms with Crippen molar-refractivity contribution in [1.82, 2.24) is 4.90 Å². The maximum absolute atomic E-state index is 5.58. The molecule has 1 atom stereocenters. The van der Waals surface area contributed by atoms with Gasteiger partial charge in [0.1, 0.15) is 0 Å². The lowest BCUT2D eigenvalue weighted by molar-refractivity contribution is 0.0997. The minimum absolute atomic E-state index is 0.554. The normalized spacial score (nSPS) is 22.1. The molecule has 1 heterocycles. The molecule has 0 aromatic carbocycles. The van der Waals surface area contributed by atoms with Crippen LogP contribution in [0.3, 0.4) is 0 Å². The number of nitrogens with two attached hydrogens (primary N) is 1. The highest BCUT2D eigenvalue weighted by Crippen LogP contribution is 2.16. The highest BCUT2D eigenvalue weighted by Gasteiger charge is 2.14. The summed E-state index contributed by atoms with van der Waals surface area (Å²) in [5.41, 5.74) is 5.46. The lowest BCUT2D eigenvalue weighted by atomic mass is 10.1. The van der Waals surface area contributed by atoms with Crippen molar-refractivity contribution in [1.29, 1.82) is 0 Å². The van der Waals surface area contributed by atoms with E-state index in [1.165, 1.54) is 32.2 Å². The Morgan fingerprint density at radius 1 is 1.36 bits per heavy atom. The van der Waals surface area contributed by atoms with Crippen LogP contribution in [-0.2, 0) is 4.74 Å². The fourth-order valence-electron chi connectivity index (χ4n) is 1.93. The van der Waals surface area contributed by atoms with Gasteiger partial charge in [-0.3, -0.25) is 0 Å². The molecule has 3 nitrogen and oxygen atoms in total. The average Bonchev–Trinajstić information content (AvgIpc) is 2.67. The van der Waals surface area contributed by atoms with Gasteiger partial charge in [-0.1, -0.05) is 0 Å². The summed E-state index contributed by atoms with van der Waals surface area (Å²) in [5.74, 6) is 0. The zero-order chi connectivity index (χ0) is 10.2. The maximum atomic E-state index is 5.58. The summed E-state index contributed by atoms with van der Waals surface area (Å²) in [6.07, 6.45) is 6.67. The van der Waals surface area contributed by atoms with Crippen LogP contribution in [0, 0.1) is 0 Å². The van der Waals surface area contributed by atoms with Crippen molar-refractivity contribution in [2.45, 2.75) is 38.2 Å². The van der Waals surface area contributed by atoms with Crippen LogP contribution in [-0.4, -0.2) is 44.3 Å². The molecule has 1 unspecified atom stereocenters. The smallest absolute Gasteiger partial charge is 0.0576 e. The molecule has 14 heavy (non-hydrogen) atoms. The van der Waals surface area contributed by atoms with E-state index in [4.69, 9.17) is 10.5 Å². The Bertz CT molecular complexity index is 135. The van der Waals surface area contributed by atoms with Crippen LogP contribution < -0.4 is 5.73 Å². The first-order chi connectivity index (χ1) is 6.83. The Balaban J connectivity index is 1.91. The van der Waals surface area contributed by atoms with Crippen LogP contribution in [0.15, 0.2) is 0 Å². The van der Waals surface area contributed by atoms with Gasteiger partial charge in [0.15, 0.2) is 0 Å². The molecule has 2 N–H and O–H groups in total. The molecule has 0 bridgehead atoms. The van der Waals surface area contributed by atoms with Crippen molar-refractivity contribution in [3.63, 3.8) is 0 Å². The van der Waals surface area contributed by atoms with Gasteiger partial charge < -0.3 is 15.4 Å². The predicted molar refractivity (Wildman–Crippen MR) is 59.4 cm³/mol. The third-order valence-corrected chi connectivity index (χ3v) is 2.83. The monoisotopic (exact) mass is 200 g/mol. The van der Waals surface area contributed by atoms with Crippen LogP contribution in [0.4, 0.5) is 0 Å². The molecule has 0 saturated carbocycles. The zero-order valence-electron chi connectivity index (χ0n) is 9.37. The Morgan fingerprint density at radius 3 is 2.79 bits per heavy atom. The van der Waals surface area contributed by atoms with E-state index in [1.807, 2.05) is 0 Å². The summed E-state index contributed by atoms with van der Waals surface area (Å²) in [5, 5.41) is 0. The molecule has 1 aliphatic rings. The summed E-state index contributed by atoms with van der Waals surface area (Å²) in [6, 6.07) is 0. The fourth-order valence-corrected chi connectivity index (χ4v) is 1.93. The van der Waals surface area contributed by atoms with Gasteiger partial charge in [0.05, 0.1) is 6.10 Å². The summed E-state index contributed by atoms with van der Waals surface area (Å²) >= 11 is 0. The molecule has 0 amide bonds. The third-order valence-electron chi connectivity index (χ3n) is 2.83. The zero-order valence-corrected chi connectivity index (χ0v) is 9.37. The van der Waals surface area contributed by atoms with Crippen LogP contribution in [0.25, 0.3) is 0 Å². The highest BCUT2D eigenvalue weighted by molar-refractivity contribution is 4.65. The number of hydrogen-bond acceptors (Lipinski definition) is 3. The van der Waals surface area contributed by atoms with E-state index in [0.717, 1.165) is 26.1 Å². The van der Waals surface area contributed by atoms with Gasteiger partial charge in [0.25, 0.3) is 0 Å². The van der Waals surface area contributed by atoms with Gasteiger partial charge in [-0.15, -0.1) is 0 Å². The van der Waals surface area contributed by atoms with Crippen molar-refractivity contribution in [3.05, 3.63) is 0 Å². The van der Waals surface area contributed by atoms with E-state index in [-0.39, 0.29) is 0 Å². The maximum Gasteiger partial charge on any atom is 0.0576 e. The van der Waals surface area contributed by atoms with Gasteiger partial charge in [0, 0.05) is 6.61 Å². The van der Waals surface area contributed by atoms with E-state index >= 15 is 0 Å². The van der Waals surface area contributed by atoms with E-state index in [2.05, 4.69) is 11.9 Å². The largest absolute Gasteiger partial charge is 0.378 e. The van der Waals surface area contributed by atoms with Crippen molar-refractivity contribution < 1.29 is 4.74 Å². The molecule has 0 aliphatic carbocycles. The fraction of sp³-hybridized carbons (Fsp3) is 1.00. The molecule has 0 spiro atoms. The Labute approximate surface area is 87.6 Å². The van der Waals surface area contributed by atoms with Gasteiger partial charge in [-0.05, 0) is 58.8 Å². The van der Waals surface area contributed by atoms with Crippen molar-refractivity contribution in [3.8, 4) is 0 Å². The first kappa shape index (κ1) is 12.0. The SMILES string of the molecule is CN(CCCN)CCCC1CCCO1. The van der Waals surface area contributed by atoms with Gasteiger partial charge >= 0.3 is 0 Å². The lowest BCUT2D eigenvalue weighted by Gasteiger charge is -2.17. The van der Waals surface area contributed by atoms with Crippen LogP contribution in [0.5, 0.6) is 0 Å². The quantitative estimate of drug-likeness (QED) is 0.671. The second kappa shape index (κ2) is 7.21. The van der Waals surface area contributed by atoms with Crippen LogP contribution in [0.2, 0.25) is 0 Å². The molecule has 1 saturated heterocycles. The molecular weight excluding hydrogens is 176 g/mol. The second-order valence-corrected chi connectivity index (χ2v) is 4.22. The van der Waals surface area contributed by atoms with Crippen LogP contribution in [0.1, 0.15) is 32.1 Å². The summed E-state index contributed by atoms with van der Waals surface area (Å²) < 4.78 is 5.58. The van der Waals surface area contributed by atoms with Gasteiger partial charge in [-0.2, -0.15) is 0 Å². The number of hydrogen-bond donors (Lipinski definition) is 1. The lowest BCUT2D eigenvalue weighted by Crippen LogP contribution is -2.23. The Kier molecular flexibility index (Phi) is 6.15. The van der Waals surface area contributed by atoms with E-state index < -0.39 is 0 Å². The highest BCUT2D eigenvalue weighted by atomic mass is 16.5. The van der Waals surface area contributed by atoms with Crippen molar-refractivity contribution in [2.75, 3.05) is 33.3 Å². The first-order valence-electron chi connectivity index (χ1n) is 5.83. The van der Waals surface area contributed by atoms with E-state index in [1.54, 1.807) is 0 Å². The first-order valence-corrected chi connectivity index (χ1v) is 5.83. The number of rotatable bonds is 7. The summed E-state index contributed by atoms with van der Waals surface area (Å²) in [6.45, 7) is 4.09. The Morgan fingerprint density at radius 2 is 2.14 bits per heavy atom.